The number of hydrogen-bond donors (Lipinski definition) is 1. The van der Waals surface area contributed by atoms with Gasteiger partial charge in [-0.25, -0.2) is 0 Å². The molecule has 0 saturated heterocycles. The maximum atomic E-state index is 6.38. The topological polar surface area (TPSA) is 35.2 Å². The quantitative estimate of drug-likeness (QED) is 0.726. The van der Waals surface area contributed by atoms with Crippen molar-refractivity contribution in [2.24, 2.45) is 11.7 Å². The van der Waals surface area contributed by atoms with Gasteiger partial charge in [0, 0.05) is 13.2 Å². The lowest BCUT2D eigenvalue weighted by Gasteiger charge is -2.37. The Hall–Kier alpha value is -0.0800. The van der Waals surface area contributed by atoms with Crippen LogP contribution in [0.15, 0.2) is 0 Å². The maximum Gasteiger partial charge on any atom is 0.0828 e. The summed E-state index contributed by atoms with van der Waals surface area (Å²) in [5.74, 6) is 0.912. The van der Waals surface area contributed by atoms with Gasteiger partial charge in [-0.05, 0) is 25.2 Å². The van der Waals surface area contributed by atoms with Gasteiger partial charge in [-0.15, -0.1) is 0 Å². The van der Waals surface area contributed by atoms with E-state index in [0.29, 0.717) is 0 Å². The van der Waals surface area contributed by atoms with Crippen molar-refractivity contribution < 1.29 is 4.74 Å². The molecule has 0 aromatic carbocycles. The van der Waals surface area contributed by atoms with Crippen molar-refractivity contribution in [2.75, 3.05) is 7.11 Å². The first-order valence-electron chi connectivity index (χ1n) is 6.57. The van der Waals surface area contributed by atoms with Crippen LogP contribution in [0.1, 0.15) is 57.8 Å². The highest BCUT2D eigenvalue weighted by Gasteiger charge is 2.39. The monoisotopic (exact) mass is 211 g/mol. The fourth-order valence-electron chi connectivity index (χ4n) is 2.98. The van der Waals surface area contributed by atoms with Gasteiger partial charge in [-0.2, -0.15) is 0 Å². The van der Waals surface area contributed by atoms with Crippen LogP contribution in [0.2, 0.25) is 0 Å². The van der Waals surface area contributed by atoms with Crippen molar-refractivity contribution in [2.45, 2.75) is 69.4 Å². The summed E-state index contributed by atoms with van der Waals surface area (Å²) in [7, 11) is 1.86. The zero-order valence-corrected chi connectivity index (χ0v) is 10.0. The van der Waals surface area contributed by atoms with Crippen LogP contribution < -0.4 is 5.73 Å². The molecular formula is C13H25NO. The van der Waals surface area contributed by atoms with E-state index in [-0.39, 0.29) is 11.6 Å². The third-order valence-corrected chi connectivity index (χ3v) is 4.32. The fourth-order valence-corrected chi connectivity index (χ4v) is 2.98. The minimum atomic E-state index is 0.0130. The van der Waals surface area contributed by atoms with Crippen LogP contribution in [-0.4, -0.2) is 18.8 Å². The number of ether oxygens (including phenoxy) is 1. The van der Waals surface area contributed by atoms with Crippen LogP contribution in [0.3, 0.4) is 0 Å². The van der Waals surface area contributed by atoms with Crippen molar-refractivity contribution >= 4 is 0 Å². The van der Waals surface area contributed by atoms with Crippen molar-refractivity contribution in [3.05, 3.63) is 0 Å². The molecule has 0 amide bonds. The third-order valence-electron chi connectivity index (χ3n) is 4.32. The molecule has 88 valence electrons. The Labute approximate surface area is 93.6 Å². The molecule has 2 saturated carbocycles. The van der Waals surface area contributed by atoms with E-state index in [1.54, 1.807) is 0 Å². The zero-order valence-electron chi connectivity index (χ0n) is 10.0. The van der Waals surface area contributed by atoms with E-state index < -0.39 is 0 Å². The molecular weight excluding hydrogens is 186 g/mol. The Morgan fingerprint density at radius 3 is 2.27 bits per heavy atom. The molecule has 0 spiro atoms. The molecule has 0 heterocycles. The molecule has 0 aromatic heterocycles. The average molecular weight is 211 g/mol. The minimum Gasteiger partial charge on any atom is -0.377 e. The van der Waals surface area contributed by atoms with E-state index in [1.165, 1.54) is 57.8 Å². The SMILES string of the molecule is COC1(C(N)CC2CC2)CCCCCC1. The normalized spacial score (nSPS) is 28.4. The van der Waals surface area contributed by atoms with Crippen molar-refractivity contribution in [1.82, 2.24) is 0 Å². The van der Waals surface area contributed by atoms with Crippen LogP contribution in [0, 0.1) is 5.92 Å². The Balaban J connectivity index is 1.96. The van der Waals surface area contributed by atoms with Gasteiger partial charge < -0.3 is 10.5 Å². The smallest absolute Gasteiger partial charge is 0.0828 e. The highest BCUT2D eigenvalue weighted by atomic mass is 16.5. The van der Waals surface area contributed by atoms with Crippen LogP contribution in [0.4, 0.5) is 0 Å². The molecule has 0 aliphatic heterocycles. The van der Waals surface area contributed by atoms with Crippen molar-refractivity contribution in [3.8, 4) is 0 Å². The van der Waals surface area contributed by atoms with Gasteiger partial charge in [0.1, 0.15) is 0 Å². The molecule has 2 rings (SSSR count). The summed E-state index contributed by atoms with van der Waals surface area (Å²) in [5.41, 5.74) is 6.39. The van der Waals surface area contributed by atoms with Gasteiger partial charge in [0.15, 0.2) is 0 Å². The molecule has 0 aromatic rings. The second-order valence-corrected chi connectivity index (χ2v) is 5.47. The number of methoxy groups -OCH3 is 1. The Kier molecular flexibility index (Phi) is 3.68. The van der Waals surface area contributed by atoms with E-state index >= 15 is 0 Å². The van der Waals surface area contributed by atoms with Gasteiger partial charge in [-0.3, -0.25) is 0 Å². The lowest BCUT2D eigenvalue weighted by Crippen LogP contribution is -2.49. The Morgan fingerprint density at radius 2 is 1.80 bits per heavy atom. The summed E-state index contributed by atoms with van der Waals surface area (Å²) < 4.78 is 5.82. The first-order chi connectivity index (χ1) is 7.27. The van der Waals surface area contributed by atoms with Gasteiger partial charge in [0.25, 0.3) is 0 Å². The molecule has 15 heavy (non-hydrogen) atoms. The second kappa shape index (κ2) is 4.84. The number of hydrogen-bond acceptors (Lipinski definition) is 2. The highest BCUT2D eigenvalue weighted by molar-refractivity contribution is 4.95. The summed E-state index contributed by atoms with van der Waals surface area (Å²) in [5, 5.41) is 0. The Bertz CT molecular complexity index is 193. The van der Waals surface area contributed by atoms with E-state index in [1.807, 2.05) is 7.11 Å². The van der Waals surface area contributed by atoms with E-state index in [4.69, 9.17) is 10.5 Å². The lowest BCUT2D eigenvalue weighted by molar-refractivity contribution is -0.0461. The van der Waals surface area contributed by atoms with E-state index in [0.717, 1.165) is 5.92 Å². The molecule has 1 atom stereocenters. The minimum absolute atomic E-state index is 0.0130. The molecule has 1 unspecified atom stereocenters. The van der Waals surface area contributed by atoms with Gasteiger partial charge in [0.2, 0.25) is 0 Å². The third kappa shape index (κ3) is 2.73. The van der Waals surface area contributed by atoms with E-state index in [9.17, 15) is 0 Å². The first-order valence-corrected chi connectivity index (χ1v) is 6.57. The van der Waals surface area contributed by atoms with Crippen molar-refractivity contribution in [3.63, 3.8) is 0 Å². The van der Waals surface area contributed by atoms with Crippen LogP contribution >= 0.6 is 0 Å². The molecule has 0 bridgehead atoms. The fraction of sp³-hybridized carbons (Fsp3) is 1.00. The van der Waals surface area contributed by atoms with Crippen LogP contribution in [-0.2, 0) is 4.74 Å². The first kappa shape index (κ1) is 11.4. The Morgan fingerprint density at radius 1 is 1.20 bits per heavy atom. The second-order valence-electron chi connectivity index (χ2n) is 5.47. The molecule has 2 aliphatic rings. The van der Waals surface area contributed by atoms with Gasteiger partial charge in [-0.1, -0.05) is 38.5 Å². The summed E-state index contributed by atoms with van der Waals surface area (Å²) in [6, 6.07) is 0.271. The summed E-state index contributed by atoms with van der Waals surface area (Å²) in [6.45, 7) is 0. The van der Waals surface area contributed by atoms with Gasteiger partial charge in [0.05, 0.1) is 5.60 Å². The summed E-state index contributed by atoms with van der Waals surface area (Å²) in [6.07, 6.45) is 11.7. The predicted octanol–water partition coefficient (Wildman–Crippen LogP) is 2.85. The maximum absolute atomic E-state index is 6.38. The molecule has 2 fully saturated rings. The average Bonchev–Trinajstić information content (AvgIpc) is 3.03. The molecule has 2 heteroatoms. The molecule has 0 radical (unpaired) electrons. The number of rotatable bonds is 4. The largest absolute Gasteiger partial charge is 0.377 e. The molecule has 2 N–H and O–H groups in total. The van der Waals surface area contributed by atoms with Crippen molar-refractivity contribution in [1.29, 1.82) is 0 Å². The summed E-state index contributed by atoms with van der Waals surface area (Å²) in [4.78, 5) is 0. The van der Waals surface area contributed by atoms with Crippen LogP contribution in [0.5, 0.6) is 0 Å². The number of nitrogens with two attached hydrogens (primary N) is 1. The predicted molar refractivity (Wildman–Crippen MR) is 62.8 cm³/mol. The van der Waals surface area contributed by atoms with Crippen LogP contribution in [0.25, 0.3) is 0 Å². The standard InChI is InChI=1S/C13H25NO/c1-15-13(8-4-2-3-5-9-13)12(14)10-11-6-7-11/h11-12H,2-10,14H2,1H3. The summed E-state index contributed by atoms with van der Waals surface area (Å²) >= 11 is 0. The van der Waals surface area contributed by atoms with E-state index in [2.05, 4.69) is 0 Å². The zero-order chi connectivity index (χ0) is 10.7. The molecule has 2 nitrogen and oxygen atoms in total. The lowest BCUT2D eigenvalue weighted by atomic mass is 9.84. The van der Waals surface area contributed by atoms with Gasteiger partial charge >= 0.3 is 0 Å². The highest BCUT2D eigenvalue weighted by Crippen LogP contribution is 2.39. The molecule has 2 aliphatic carbocycles.